The number of anilines is 1. The molecule has 2 aromatic rings. The lowest BCUT2D eigenvalue weighted by molar-refractivity contribution is -0.137. The fourth-order valence-corrected chi connectivity index (χ4v) is 2.52. The molecule has 1 aromatic heterocycles. The molecule has 0 bridgehead atoms. The number of hydrogen-bond donors (Lipinski definition) is 3. The number of rotatable bonds is 4. The van der Waals surface area contributed by atoms with Crippen molar-refractivity contribution in [3.63, 3.8) is 0 Å². The molecule has 2 amide bonds. The number of alkyl halides is 3. The lowest BCUT2D eigenvalue weighted by Gasteiger charge is -2.11. The minimum absolute atomic E-state index is 0.150. The maximum Gasteiger partial charge on any atom is 0.416 e. The molecule has 0 saturated heterocycles. The number of carbonyl (C=O) groups excluding carboxylic acids is 2. The molecule has 0 fully saturated rings. The summed E-state index contributed by atoms with van der Waals surface area (Å²) in [6.07, 6.45) is -5.52. The lowest BCUT2D eigenvalue weighted by atomic mass is 10.2. The van der Waals surface area contributed by atoms with Gasteiger partial charge in [0.05, 0.1) is 11.7 Å². The third-order valence-electron chi connectivity index (χ3n) is 3.04. The molecule has 0 saturated carbocycles. The van der Waals surface area contributed by atoms with Crippen molar-refractivity contribution in [3.8, 4) is 0 Å². The monoisotopic (exact) mass is 358 g/mol. The molecule has 0 aliphatic rings. The molecule has 24 heavy (non-hydrogen) atoms. The highest BCUT2D eigenvalue weighted by Crippen LogP contribution is 2.30. The predicted octanol–water partition coefficient (Wildman–Crippen LogP) is 2.56. The van der Waals surface area contributed by atoms with Crippen LogP contribution in [0.25, 0.3) is 0 Å². The Hall–Kier alpha value is -2.39. The summed E-state index contributed by atoms with van der Waals surface area (Å²) in [7, 11) is 0. The van der Waals surface area contributed by atoms with Crippen LogP contribution in [0.15, 0.2) is 41.1 Å². The highest BCUT2D eigenvalue weighted by molar-refractivity contribution is 7.07. The third kappa shape index (κ3) is 4.80. The van der Waals surface area contributed by atoms with E-state index in [-0.39, 0.29) is 12.2 Å². The van der Waals surface area contributed by atoms with Crippen molar-refractivity contribution >= 4 is 28.8 Å². The molecule has 0 aliphatic carbocycles. The first kappa shape index (κ1) is 18.0. The molecule has 0 aliphatic heterocycles. The van der Waals surface area contributed by atoms with Crippen molar-refractivity contribution < 1.29 is 27.9 Å². The van der Waals surface area contributed by atoms with Gasteiger partial charge in [-0.05, 0) is 40.6 Å². The Morgan fingerprint density at radius 2 is 1.96 bits per heavy atom. The van der Waals surface area contributed by atoms with Gasteiger partial charge in [-0.3, -0.25) is 9.59 Å². The molecule has 0 unspecified atom stereocenters. The number of nitrogens with one attached hydrogen (secondary N) is 2. The molecule has 1 heterocycles. The number of hydrogen-bond acceptors (Lipinski definition) is 4. The van der Waals surface area contributed by atoms with Gasteiger partial charge < -0.3 is 15.7 Å². The maximum absolute atomic E-state index is 12.6. The second kappa shape index (κ2) is 7.45. The van der Waals surface area contributed by atoms with E-state index >= 15 is 0 Å². The first-order valence-corrected chi connectivity index (χ1v) is 7.68. The van der Waals surface area contributed by atoms with E-state index in [0.717, 1.165) is 18.2 Å². The van der Waals surface area contributed by atoms with Crippen molar-refractivity contribution in [2.75, 3.05) is 11.9 Å². The van der Waals surface area contributed by atoms with E-state index in [4.69, 9.17) is 0 Å². The minimum Gasteiger partial charge on any atom is -0.387 e. The molecule has 9 heteroatoms. The van der Waals surface area contributed by atoms with Crippen molar-refractivity contribution in [3.05, 3.63) is 52.2 Å². The Kier molecular flexibility index (Phi) is 5.58. The molecule has 5 nitrogen and oxygen atoms in total. The van der Waals surface area contributed by atoms with E-state index < -0.39 is 29.7 Å². The van der Waals surface area contributed by atoms with Crippen LogP contribution in [-0.2, 0) is 15.8 Å². The number of aliphatic hydroxyl groups is 1. The first-order chi connectivity index (χ1) is 11.3. The van der Waals surface area contributed by atoms with Crippen LogP contribution in [0.1, 0.15) is 17.2 Å². The maximum atomic E-state index is 12.6. The van der Waals surface area contributed by atoms with Gasteiger partial charge in [-0.2, -0.15) is 24.5 Å². The van der Waals surface area contributed by atoms with Crippen LogP contribution in [0.2, 0.25) is 0 Å². The molecule has 1 atom stereocenters. The van der Waals surface area contributed by atoms with Crippen LogP contribution in [0.3, 0.4) is 0 Å². The van der Waals surface area contributed by atoms with Gasteiger partial charge >= 0.3 is 18.0 Å². The molecule has 1 aromatic carbocycles. The SMILES string of the molecule is O=C(NC[C@@H](O)c1ccsc1)C(=O)Nc1cccc(C(F)(F)F)c1. The van der Waals surface area contributed by atoms with Gasteiger partial charge in [-0.25, -0.2) is 0 Å². The summed E-state index contributed by atoms with van der Waals surface area (Å²) >= 11 is 1.37. The Labute approximate surface area is 139 Å². The van der Waals surface area contributed by atoms with E-state index in [1.165, 1.54) is 17.4 Å². The predicted molar refractivity (Wildman–Crippen MR) is 82.4 cm³/mol. The van der Waals surface area contributed by atoms with E-state index in [0.29, 0.717) is 5.56 Å². The van der Waals surface area contributed by atoms with E-state index in [1.54, 1.807) is 16.8 Å². The van der Waals surface area contributed by atoms with Gasteiger partial charge in [-0.15, -0.1) is 0 Å². The number of amides is 2. The Bertz CT molecular complexity index is 717. The normalized spacial score (nSPS) is 12.5. The van der Waals surface area contributed by atoms with Crippen LogP contribution in [0.4, 0.5) is 18.9 Å². The second-order valence-corrected chi connectivity index (χ2v) is 5.60. The number of thiophene rings is 1. The van der Waals surface area contributed by atoms with Gasteiger partial charge in [0.1, 0.15) is 0 Å². The molecular weight excluding hydrogens is 345 g/mol. The molecule has 3 N–H and O–H groups in total. The molecular formula is C15H13F3N2O3S. The van der Waals surface area contributed by atoms with E-state index in [2.05, 4.69) is 10.6 Å². The minimum atomic E-state index is -4.55. The molecule has 0 radical (unpaired) electrons. The number of benzene rings is 1. The lowest BCUT2D eigenvalue weighted by Crippen LogP contribution is -2.37. The van der Waals surface area contributed by atoms with Crippen molar-refractivity contribution in [2.24, 2.45) is 0 Å². The zero-order valence-electron chi connectivity index (χ0n) is 12.1. The Morgan fingerprint density at radius 1 is 1.21 bits per heavy atom. The standard InChI is InChI=1S/C15H13F3N2O3S/c16-15(17,18)10-2-1-3-11(6-10)20-14(23)13(22)19-7-12(21)9-4-5-24-8-9/h1-6,8,12,21H,7H2,(H,19,22)(H,20,23)/t12-/m1/s1. The molecule has 0 spiro atoms. The summed E-state index contributed by atoms with van der Waals surface area (Å²) in [6, 6.07) is 5.61. The zero-order valence-corrected chi connectivity index (χ0v) is 12.9. The van der Waals surface area contributed by atoms with Crippen molar-refractivity contribution in [1.29, 1.82) is 0 Å². The zero-order chi connectivity index (χ0) is 17.7. The number of halogens is 3. The van der Waals surface area contributed by atoms with Gasteiger partial charge in [0.2, 0.25) is 0 Å². The average molecular weight is 358 g/mol. The van der Waals surface area contributed by atoms with E-state index in [1.807, 2.05) is 0 Å². The molecule has 128 valence electrons. The Morgan fingerprint density at radius 3 is 2.58 bits per heavy atom. The molecule has 2 rings (SSSR count). The van der Waals surface area contributed by atoms with Crippen LogP contribution >= 0.6 is 11.3 Å². The fraction of sp³-hybridized carbons (Fsp3) is 0.200. The first-order valence-electron chi connectivity index (χ1n) is 6.74. The summed E-state index contributed by atoms with van der Waals surface area (Å²) in [5, 5.41) is 17.5. The second-order valence-electron chi connectivity index (χ2n) is 4.82. The summed E-state index contributed by atoms with van der Waals surface area (Å²) in [5.41, 5.74) is -0.490. The fourth-order valence-electron chi connectivity index (χ4n) is 1.81. The summed E-state index contributed by atoms with van der Waals surface area (Å²) in [5.74, 6) is -2.17. The number of aliphatic hydroxyl groups excluding tert-OH is 1. The topological polar surface area (TPSA) is 78.4 Å². The van der Waals surface area contributed by atoms with Crippen LogP contribution < -0.4 is 10.6 Å². The Balaban J connectivity index is 1.91. The van der Waals surface area contributed by atoms with Gasteiger partial charge in [0, 0.05) is 12.2 Å². The van der Waals surface area contributed by atoms with Crippen molar-refractivity contribution in [1.82, 2.24) is 5.32 Å². The summed E-state index contributed by atoms with van der Waals surface area (Å²) in [4.78, 5) is 23.3. The largest absolute Gasteiger partial charge is 0.416 e. The van der Waals surface area contributed by atoms with Gasteiger partial charge in [-0.1, -0.05) is 6.07 Å². The van der Waals surface area contributed by atoms with Crippen LogP contribution in [0, 0.1) is 0 Å². The van der Waals surface area contributed by atoms with Gasteiger partial charge in [0.15, 0.2) is 0 Å². The quantitative estimate of drug-likeness (QED) is 0.735. The average Bonchev–Trinajstić information content (AvgIpc) is 3.06. The third-order valence-corrected chi connectivity index (χ3v) is 3.74. The van der Waals surface area contributed by atoms with Gasteiger partial charge in [0.25, 0.3) is 0 Å². The van der Waals surface area contributed by atoms with Crippen LogP contribution in [0.5, 0.6) is 0 Å². The van der Waals surface area contributed by atoms with Crippen molar-refractivity contribution in [2.45, 2.75) is 12.3 Å². The summed E-state index contributed by atoms with van der Waals surface area (Å²) in [6.45, 7) is -0.189. The van der Waals surface area contributed by atoms with Crippen LogP contribution in [-0.4, -0.2) is 23.5 Å². The number of carbonyl (C=O) groups is 2. The summed E-state index contributed by atoms with van der Waals surface area (Å²) < 4.78 is 37.8. The van der Waals surface area contributed by atoms with E-state index in [9.17, 15) is 27.9 Å². The smallest absolute Gasteiger partial charge is 0.387 e. The highest BCUT2D eigenvalue weighted by atomic mass is 32.1. The highest BCUT2D eigenvalue weighted by Gasteiger charge is 2.30.